The molecule has 33 heavy (non-hydrogen) atoms. The van der Waals surface area contributed by atoms with Gasteiger partial charge >= 0.3 is 0 Å². The minimum absolute atomic E-state index is 0.0161. The number of halogens is 1. The van der Waals surface area contributed by atoms with E-state index >= 15 is 0 Å². The number of thiocarbonyl (C=S) groups is 1. The van der Waals surface area contributed by atoms with Crippen LogP contribution in [-0.2, 0) is 9.59 Å². The van der Waals surface area contributed by atoms with Crippen molar-refractivity contribution in [2.24, 2.45) is 0 Å². The predicted molar refractivity (Wildman–Crippen MR) is 128 cm³/mol. The number of nitrogens with one attached hydrogen (secondary N) is 1. The van der Waals surface area contributed by atoms with Crippen molar-refractivity contribution in [3.63, 3.8) is 0 Å². The lowest BCUT2D eigenvalue weighted by Gasteiger charge is -2.30. The number of aryl methyl sites for hydroxylation is 2. The highest BCUT2D eigenvalue weighted by Gasteiger charge is 2.35. The second-order valence-corrected chi connectivity index (χ2v) is 8.16. The number of furan rings is 1. The smallest absolute Gasteiger partial charge is 0.270 e. The Kier molecular flexibility index (Phi) is 5.84. The number of nitro groups is 1. The average Bonchev–Trinajstić information content (AvgIpc) is 3.21. The largest absolute Gasteiger partial charge is 0.457 e. The SMILES string of the molecule is Cc1ccc(N2C(=O)/C(=C/c3ccc(-c4cc([N+](=O)[O-])ccc4Cl)o3)C(=O)NC2=S)c(C)c1. The molecule has 2 heterocycles. The van der Waals surface area contributed by atoms with Gasteiger partial charge in [-0.1, -0.05) is 29.3 Å². The third-order valence-electron chi connectivity index (χ3n) is 5.03. The van der Waals surface area contributed by atoms with Gasteiger partial charge in [-0.05, 0) is 62.0 Å². The Hall–Kier alpha value is -3.82. The van der Waals surface area contributed by atoms with E-state index in [2.05, 4.69) is 5.32 Å². The van der Waals surface area contributed by atoms with Gasteiger partial charge in [0.15, 0.2) is 5.11 Å². The highest BCUT2D eigenvalue weighted by Crippen LogP contribution is 2.33. The van der Waals surface area contributed by atoms with Crippen molar-refractivity contribution >= 4 is 58.2 Å². The first-order chi connectivity index (χ1) is 15.7. The van der Waals surface area contributed by atoms with Gasteiger partial charge in [-0.25, -0.2) is 0 Å². The van der Waals surface area contributed by atoms with Crippen LogP contribution in [-0.4, -0.2) is 21.9 Å². The quantitative estimate of drug-likeness (QED) is 0.186. The summed E-state index contributed by atoms with van der Waals surface area (Å²) < 4.78 is 5.72. The van der Waals surface area contributed by atoms with Crippen molar-refractivity contribution in [3.05, 3.63) is 86.1 Å². The van der Waals surface area contributed by atoms with E-state index in [0.717, 1.165) is 11.1 Å². The fourth-order valence-corrected chi connectivity index (χ4v) is 3.95. The Labute approximate surface area is 198 Å². The topological polar surface area (TPSA) is 106 Å². The predicted octanol–water partition coefficient (Wildman–Crippen LogP) is 4.96. The monoisotopic (exact) mass is 481 g/mol. The molecule has 1 aromatic heterocycles. The number of nitro benzene ring substituents is 1. The van der Waals surface area contributed by atoms with Crippen LogP contribution >= 0.6 is 23.8 Å². The van der Waals surface area contributed by atoms with Crippen molar-refractivity contribution in [2.75, 3.05) is 4.90 Å². The van der Waals surface area contributed by atoms with Crippen LogP contribution in [0, 0.1) is 24.0 Å². The Morgan fingerprint density at radius 2 is 1.88 bits per heavy atom. The molecule has 1 fully saturated rings. The first-order valence-corrected chi connectivity index (χ1v) is 10.5. The van der Waals surface area contributed by atoms with Crippen LogP contribution in [0.3, 0.4) is 0 Å². The van der Waals surface area contributed by atoms with E-state index in [0.29, 0.717) is 11.3 Å². The standard InChI is InChI=1S/C23H16ClN3O5S/c1-12-3-7-19(13(2)9-12)26-22(29)17(21(28)25-23(26)33)11-15-5-8-20(32-15)16-10-14(27(30)31)4-6-18(16)24/h3-11H,1-2H3,(H,25,28,33)/b17-11+. The molecule has 3 aromatic rings. The average molecular weight is 482 g/mol. The van der Waals surface area contributed by atoms with E-state index in [9.17, 15) is 19.7 Å². The number of hydrogen-bond donors (Lipinski definition) is 1. The van der Waals surface area contributed by atoms with Crippen LogP contribution in [0.5, 0.6) is 0 Å². The lowest BCUT2D eigenvalue weighted by Crippen LogP contribution is -2.54. The van der Waals surface area contributed by atoms with Crippen molar-refractivity contribution in [3.8, 4) is 11.3 Å². The van der Waals surface area contributed by atoms with Crippen LogP contribution < -0.4 is 10.2 Å². The summed E-state index contributed by atoms with van der Waals surface area (Å²) in [7, 11) is 0. The summed E-state index contributed by atoms with van der Waals surface area (Å²) in [6.07, 6.45) is 1.30. The van der Waals surface area contributed by atoms with Gasteiger partial charge in [0.25, 0.3) is 17.5 Å². The maximum absolute atomic E-state index is 13.2. The van der Waals surface area contributed by atoms with Crippen molar-refractivity contribution < 1.29 is 18.9 Å². The van der Waals surface area contributed by atoms with Gasteiger partial charge in [0, 0.05) is 17.7 Å². The molecule has 2 amide bonds. The minimum atomic E-state index is -0.655. The molecule has 0 bridgehead atoms. The molecule has 0 atom stereocenters. The number of anilines is 1. The number of amides is 2. The second-order valence-electron chi connectivity index (χ2n) is 7.37. The summed E-state index contributed by atoms with van der Waals surface area (Å²) >= 11 is 11.4. The molecule has 0 radical (unpaired) electrons. The molecule has 1 aliphatic heterocycles. The maximum atomic E-state index is 13.2. The highest BCUT2D eigenvalue weighted by molar-refractivity contribution is 7.80. The third kappa shape index (κ3) is 4.28. The third-order valence-corrected chi connectivity index (χ3v) is 5.65. The molecule has 1 aliphatic rings. The number of carbonyl (C=O) groups excluding carboxylic acids is 2. The Morgan fingerprint density at radius 3 is 2.58 bits per heavy atom. The number of nitrogens with zero attached hydrogens (tertiary/aromatic N) is 2. The first kappa shape index (κ1) is 22.4. The molecular weight excluding hydrogens is 466 g/mol. The van der Waals surface area contributed by atoms with Gasteiger partial charge in [-0.2, -0.15) is 0 Å². The molecule has 2 aromatic carbocycles. The molecular formula is C23H16ClN3O5S. The summed E-state index contributed by atoms with van der Waals surface area (Å²) in [6.45, 7) is 3.78. The van der Waals surface area contributed by atoms with E-state index in [1.807, 2.05) is 26.0 Å². The minimum Gasteiger partial charge on any atom is -0.457 e. The first-order valence-electron chi connectivity index (χ1n) is 9.68. The lowest BCUT2D eigenvalue weighted by atomic mass is 10.1. The second kappa shape index (κ2) is 8.61. The molecule has 1 N–H and O–H groups in total. The molecule has 10 heteroatoms. The number of non-ortho nitro benzene ring substituents is 1. The maximum Gasteiger partial charge on any atom is 0.270 e. The fourth-order valence-electron chi connectivity index (χ4n) is 3.47. The zero-order valence-corrected chi connectivity index (χ0v) is 19.0. The molecule has 0 saturated carbocycles. The Balaban J connectivity index is 1.71. The fraction of sp³-hybridized carbons (Fsp3) is 0.0870. The van der Waals surface area contributed by atoms with E-state index in [1.165, 1.54) is 35.2 Å². The van der Waals surface area contributed by atoms with E-state index in [4.69, 9.17) is 28.2 Å². The van der Waals surface area contributed by atoms with Crippen LogP contribution in [0.15, 0.2) is 58.5 Å². The summed E-state index contributed by atoms with van der Waals surface area (Å²) in [5.41, 5.74) is 2.40. The summed E-state index contributed by atoms with van der Waals surface area (Å²) in [5, 5.41) is 13.8. The van der Waals surface area contributed by atoms with Gasteiger partial charge in [0.2, 0.25) is 0 Å². The van der Waals surface area contributed by atoms with Crippen molar-refractivity contribution in [2.45, 2.75) is 13.8 Å². The van der Waals surface area contributed by atoms with Gasteiger partial charge in [0.1, 0.15) is 17.1 Å². The molecule has 8 nitrogen and oxygen atoms in total. The zero-order chi connectivity index (χ0) is 23.9. The lowest BCUT2D eigenvalue weighted by molar-refractivity contribution is -0.384. The van der Waals surface area contributed by atoms with Crippen LogP contribution in [0.4, 0.5) is 11.4 Å². The van der Waals surface area contributed by atoms with E-state index in [1.54, 1.807) is 12.1 Å². The molecule has 0 aliphatic carbocycles. The van der Waals surface area contributed by atoms with Crippen LogP contribution in [0.2, 0.25) is 5.02 Å². The molecule has 0 spiro atoms. The zero-order valence-electron chi connectivity index (χ0n) is 17.4. The number of rotatable bonds is 4. The highest BCUT2D eigenvalue weighted by atomic mass is 35.5. The summed E-state index contributed by atoms with van der Waals surface area (Å²) in [5.74, 6) is -0.806. The summed E-state index contributed by atoms with van der Waals surface area (Å²) in [6, 6.07) is 12.6. The van der Waals surface area contributed by atoms with Gasteiger partial charge < -0.3 is 4.42 Å². The number of hydrogen-bond acceptors (Lipinski definition) is 6. The van der Waals surface area contributed by atoms with Crippen molar-refractivity contribution in [1.29, 1.82) is 0 Å². The number of benzene rings is 2. The summed E-state index contributed by atoms with van der Waals surface area (Å²) in [4.78, 5) is 37.5. The van der Waals surface area contributed by atoms with Crippen molar-refractivity contribution in [1.82, 2.24) is 5.32 Å². The van der Waals surface area contributed by atoms with Gasteiger partial charge in [0.05, 0.1) is 15.6 Å². The van der Waals surface area contributed by atoms with Crippen LogP contribution in [0.1, 0.15) is 16.9 Å². The van der Waals surface area contributed by atoms with Gasteiger partial charge in [-0.3, -0.25) is 29.9 Å². The molecule has 166 valence electrons. The van der Waals surface area contributed by atoms with E-state index in [-0.39, 0.29) is 32.9 Å². The molecule has 1 saturated heterocycles. The van der Waals surface area contributed by atoms with E-state index < -0.39 is 16.7 Å². The molecule has 0 unspecified atom stereocenters. The molecule has 4 rings (SSSR count). The Bertz CT molecular complexity index is 1380. The Morgan fingerprint density at radius 1 is 1.12 bits per heavy atom. The number of carbonyl (C=O) groups is 2. The normalized spacial score (nSPS) is 15.2. The van der Waals surface area contributed by atoms with Crippen LogP contribution in [0.25, 0.3) is 17.4 Å². The van der Waals surface area contributed by atoms with Gasteiger partial charge in [-0.15, -0.1) is 0 Å².